The van der Waals surface area contributed by atoms with Crippen molar-refractivity contribution in [3.63, 3.8) is 0 Å². The SMILES string of the molecule is CC(C)C1CC(O)(c2ccc3cccnc3c2)CCO1. The first-order valence-electron chi connectivity index (χ1n) is 7.28. The highest BCUT2D eigenvalue weighted by atomic mass is 16.5. The molecule has 0 amide bonds. The number of rotatable bonds is 2. The fourth-order valence-electron chi connectivity index (χ4n) is 2.92. The van der Waals surface area contributed by atoms with E-state index in [4.69, 9.17) is 4.74 Å². The zero-order chi connectivity index (χ0) is 14.2. The lowest BCUT2D eigenvalue weighted by Crippen LogP contribution is -2.40. The van der Waals surface area contributed by atoms with Crippen LogP contribution >= 0.6 is 0 Å². The molecule has 1 aliphatic rings. The van der Waals surface area contributed by atoms with Gasteiger partial charge in [0.05, 0.1) is 23.8 Å². The van der Waals surface area contributed by atoms with E-state index in [9.17, 15) is 5.11 Å². The van der Waals surface area contributed by atoms with Gasteiger partial charge in [-0.05, 0) is 23.6 Å². The average Bonchev–Trinajstić information content (AvgIpc) is 2.47. The average molecular weight is 271 g/mol. The van der Waals surface area contributed by atoms with Gasteiger partial charge in [-0.3, -0.25) is 4.98 Å². The van der Waals surface area contributed by atoms with Gasteiger partial charge in [-0.1, -0.05) is 32.0 Å². The number of ether oxygens (including phenoxy) is 1. The fourth-order valence-corrected chi connectivity index (χ4v) is 2.92. The van der Waals surface area contributed by atoms with Gasteiger partial charge in [-0.25, -0.2) is 0 Å². The summed E-state index contributed by atoms with van der Waals surface area (Å²) in [5.74, 6) is 0.417. The van der Waals surface area contributed by atoms with Gasteiger partial charge < -0.3 is 9.84 Å². The van der Waals surface area contributed by atoms with Gasteiger partial charge in [0, 0.05) is 24.4 Å². The van der Waals surface area contributed by atoms with E-state index in [1.165, 1.54) is 0 Å². The normalized spacial score (nSPS) is 27.1. The first-order chi connectivity index (χ1) is 9.58. The van der Waals surface area contributed by atoms with Crippen molar-refractivity contribution in [3.8, 4) is 0 Å². The predicted molar refractivity (Wildman–Crippen MR) is 79.5 cm³/mol. The molecule has 1 aromatic heterocycles. The molecule has 106 valence electrons. The molecule has 1 aliphatic heterocycles. The smallest absolute Gasteiger partial charge is 0.0944 e. The van der Waals surface area contributed by atoms with E-state index in [-0.39, 0.29) is 6.10 Å². The summed E-state index contributed by atoms with van der Waals surface area (Å²) in [6, 6.07) is 10.0. The second kappa shape index (κ2) is 5.15. The molecule has 0 spiro atoms. The zero-order valence-corrected chi connectivity index (χ0v) is 12.0. The number of aliphatic hydroxyl groups is 1. The van der Waals surface area contributed by atoms with Crippen molar-refractivity contribution in [1.82, 2.24) is 4.98 Å². The third-order valence-electron chi connectivity index (χ3n) is 4.27. The van der Waals surface area contributed by atoms with E-state index >= 15 is 0 Å². The van der Waals surface area contributed by atoms with Crippen LogP contribution in [0, 0.1) is 5.92 Å². The van der Waals surface area contributed by atoms with Gasteiger partial charge in [0.25, 0.3) is 0 Å². The minimum absolute atomic E-state index is 0.119. The van der Waals surface area contributed by atoms with Crippen LogP contribution in [0.4, 0.5) is 0 Å². The standard InChI is InChI=1S/C17H21NO2/c1-12(2)16-11-17(19,7-9-20-16)14-6-5-13-4-3-8-18-15(13)10-14/h3-6,8,10,12,16,19H,7,9,11H2,1-2H3. The molecule has 2 atom stereocenters. The number of hydrogen-bond donors (Lipinski definition) is 1. The second-order valence-electron chi connectivity index (χ2n) is 6.05. The molecule has 3 nitrogen and oxygen atoms in total. The van der Waals surface area contributed by atoms with Crippen LogP contribution < -0.4 is 0 Å². The summed E-state index contributed by atoms with van der Waals surface area (Å²) < 4.78 is 5.77. The monoisotopic (exact) mass is 271 g/mol. The maximum absolute atomic E-state index is 11.0. The summed E-state index contributed by atoms with van der Waals surface area (Å²) in [4.78, 5) is 4.38. The van der Waals surface area contributed by atoms with Crippen LogP contribution in [-0.2, 0) is 10.3 Å². The molecule has 1 aromatic carbocycles. The van der Waals surface area contributed by atoms with Crippen LogP contribution in [-0.4, -0.2) is 22.8 Å². The summed E-state index contributed by atoms with van der Waals surface area (Å²) >= 11 is 0. The van der Waals surface area contributed by atoms with Crippen molar-refractivity contribution in [1.29, 1.82) is 0 Å². The summed E-state index contributed by atoms with van der Waals surface area (Å²) in [5, 5.41) is 12.1. The lowest BCUT2D eigenvalue weighted by atomic mass is 9.81. The quantitative estimate of drug-likeness (QED) is 0.911. The number of nitrogens with zero attached hydrogens (tertiary/aromatic N) is 1. The van der Waals surface area contributed by atoms with Crippen LogP contribution in [0.25, 0.3) is 10.9 Å². The molecule has 0 radical (unpaired) electrons. The van der Waals surface area contributed by atoms with Gasteiger partial charge >= 0.3 is 0 Å². The first-order valence-corrected chi connectivity index (χ1v) is 7.28. The highest BCUT2D eigenvalue weighted by molar-refractivity contribution is 5.79. The molecular weight excluding hydrogens is 250 g/mol. The molecule has 2 unspecified atom stereocenters. The number of hydrogen-bond acceptors (Lipinski definition) is 3. The molecule has 0 saturated carbocycles. The maximum atomic E-state index is 11.0. The Kier molecular flexibility index (Phi) is 3.48. The van der Waals surface area contributed by atoms with Crippen molar-refractivity contribution in [2.75, 3.05) is 6.61 Å². The largest absolute Gasteiger partial charge is 0.385 e. The Morgan fingerprint density at radius 2 is 2.20 bits per heavy atom. The molecule has 1 fully saturated rings. The third kappa shape index (κ3) is 2.43. The van der Waals surface area contributed by atoms with Gasteiger partial charge in [-0.2, -0.15) is 0 Å². The van der Waals surface area contributed by atoms with Crippen LogP contribution in [0.5, 0.6) is 0 Å². The third-order valence-corrected chi connectivity index (χ3v) is 4.27. The number of fused-ring (bicyclic) bond motifs is 1. The van der Waals surface area contributed by atoms with E-state index in [0.29, 0.717) is 25.4 Å². The van der Waals surface area contributed by atoms with Crippen molar-refractivity contribution >= 4 is 10.9 Å². The molecule has 2 aromatic rings. The van der Waals surface area contributed by atoms with E-state index < -0.39 is 5.60 Å². The Balaban J connectivity index is 1.96. The molecule has 0 aliphatic carbocycles. The highest BCUT2D eigenvalue weighted by Gasteiger charge is 2.37. The highest BCUT2D eigenvalue weighted by Crippen LogP contribution is 2.37. The first kappa shape index (κ1) is 13.5. The number of pyridine rings is 1. The number of aromatic nitrogens is 1. The fraction of sp³-hybridized carbons (Fsp3) is 0.471. The Labute approximate surface area is 119 Å². The minimum atomic E-state index is -0.793. The molecule has 1 N–H and O–H groups in total. The van der Waals surface area contributed by atoms with Crippen LogP contribution in [0.3, 0.4) is 0 Å². The number of benzene rings is 1. The molecule has 1 saturated heterocycles. The molecule has 0 bridgehead atoms. The van der Waals surface area contributed by atoms with Gasteiger partial charge in [0.1, 0.15) is 0 Å². The Hall–Kier alpha value is -1.45. The molecular formula is C17H21NO2. The summed E-state index contributed by atoms with van der Waals surface area (Å²) in [5.41, 5.74) is 1.10. The topological polar surface area (TPSA) is 42.4 Å². The van der Waals surface area contributed by atoms with Gasteiger partial charge in [0.2, 0.25) is 0 Å². The van der Waals surface area contributed by atoms with E-state index in [1.54, 1.807) is 6.20 Å². The van der Waals surface area contributed by atoms with Crippen molar-refractivity contribution in [2.45, 2.75) is 38.4 Å². The summed E-state index contributed by atoms with van der Waals surface area (Å²) in [6.45, 7) is 4.89. The van der Waals surface area contributed by atoms with E-state index in [0.717, 1.165) is 16.5 Å². The maximum Gasteiger partial charge on any atom is 0.0944 e. The predicted octanol–water partition coefficient (Wildman–Crippen LogP) is 3.26. The molecule has 3 rings (SSSR count). The zero-order valence-electron chi connectivity index (χ0n) is 12.0. The summed E-state index contributed by atoms with van der Waals surface area (Å²) in [7, 11) is 0. The van der Waals surface area contributed by atoms with Gasteiger partial charge in [-0.15, -0.1) is 0 Å². The lowest BCUT2D eigenvalue weighted by molar-refractivity contribution is -0.121. The van der Waals surface area contributed by atoms with E-state index in [1.807, 2.05) is 30.3 Å². The van der Waals surface area contributed by atoms with Crippen molar-refractivity contribution < 1.29 is 9.84 Å². The van der Waals surface area contributed by atoms with Crippen LogP contribution in [0.2, 0.25) is 0 Å². The Morgan fingerprint density at radius 1 is 1.35 bits per heavy atom. The summed E-state index contributed by atoms with van der Waals surface area (Å²) in [6.07, 6.45) is 3.21. The second-order valence-corrected chi connectivity index (χ2v) is 6.05. The molecule has 3 heteroatoms. The van der Waals surface area contributed by atoms with Crippen LogP contribution in [0.15, 0.2) is 36.5 Å². The van der Waals surface area contributed by atoms with Crippen molar-refractivity contribution in [2.24, 2.45) is 5.92 Å². The Bertz CT molecular complexity index is 611. The Morgan fingerprint density at radius 3 is 3.00 bits per heavy atom. The lowest BCUT2D eigenvalue weighted by Gasteiger charge is -2.39. The van der Waals surface area contributed by atoms with Crippen molar-refractivity contribution in [3.05, 3.63) is 42.1 Å². The van der Waals surface area contributed by atoms with E-state index in [2.05, 4.69) is 18.8 Å². The van der Waals surface area contributed by atoms with Crippen LogP contribution in [0.1, 0.15) is 32.3 Å². The van der Waals surface area contributed by atoms with Gasteiger partial charge in [0.15, 0.2) is 0 Å². The molecule has 20 heavy (non-hydrogen) atoms. The molecule has 2 heterocycles. The minimum Gasteiger partial charge on any atom is -0.385 e.